The van der Waals surface area contributed by atoms with Crippen LogP contribution in [-0.4, -0.2) is 41.7 Å². The van der Waals surface area contributed by atoms with Crippen LogP contribution in [0.1, 0.15) is 12.0 Å². The standard InChI is InChI=1S/C11H16N2O/c1-13-7-4-11(8-13,9-14)10-2-5-12-6-3-10/h2-3,5-6,14H,4,7-9H2,1H3. The van der Waals surface area contributed by atoms with Crippen molar-refractivity contribution in [1.29, 1.82) is 0 Å². The van der Waals surface area contributed by atoms with E-state index >= 15 is 0 Å². The summed E-state index contributed by atoms with van der Waals surface area (Å²) in [5, 5.41) is 9.54. The predicted molar refractivity (Wildman–Crippen MR) is 55.1 cm³/mol. The van der Waals surface area contributed by atoms with Crippen LogP contribution in [0, 0.1) is 0 Å². The second kappa shape index (κ2) is 3.67. The molecule has 1 aliphatic heterocycles. The third-order valence-corrected chi connectivity index (χ3v) is 3.14. The zero-order valence-corrected chi connectivity index (χ0v) is 8.48. The fourth-order valence-corrected chi connectivity index (χ4v) is 2.24. The third kappa shape index (κ3) is 1.53. The lowest BCUT2D eigenvalue weighted by atomic mass is 9.81. The van der Waals surface area contributed by atoms with E-state index in [1.54, 1.807) is 12.4 Å². The molecule has 3 nitrogen and oxygen atoms in total. The normalized spacial score (nSPS) is 28.1. The van der Waals surface area contributed by atoms with Crippen molar-refractivity contribution in [3.8, 4) is 0 Å². The monoisotopic (exact) mass is 192 g/mol. The van der Waals surface area contributed by atoms with Crippen LogP contribution in [0.2, 0.25) is 0 Å². The molecule has 76 valence electrons. The van der Waals surface area contributed by atoms with Crippen LogP contribution in [0.5, 0.6) is 0 Å². The number of aromatic nitrogens is 1. The first kappa shape index (κ1) is 9.62. The highest BCUT2D eigenvalue weighted by atomic mass is 16.3. The van der Waals surface area contributed by atoms with Gasteiger partial charge < -0.3 is 10.0 Å². The molecule has 14 heavy (non-hydrogen) atoms. The fraction of sp³-hybridized carbons (Fsp3) is 0.545. The minimum absolute atomic E-state index is 0.0578. The van der Waals surface area contributed by atoms with Crippen molar-refractivity contribution in [3.63, 3.8) is 0 Å². The van der Waals surface area contributed by atoms with Gasteiger partial charge in [-0.15, -0.1) is 0 Å². The lowest BCUT2D eigenvalue weighted by molar-refractivity contribution is 0.195. The number of nitrogens with zero attached hydrogens (tertiary/aromatic N) is 2. The van der Waals surface area contributed by atoms with Gasteiger partial charge in [0.2, 0.25) is 0 Å². The zero-order chi connectivity index (χ0) is 10.0. The first-order valence-electron chi connectivity index (χ1n) is 4.97. The summed E-state index contributed by atoms with van der Waals surface area (Å²) in [4.78, 5) is 6.27. The molecule has 1 fully saturated rings. The summed E-state index contributed by atoms with van der Waals surface area (Å²) in [6.45, 7) is 2.22. The summed E-state index contributed by atoms with van der Waals surface area (Å²) in [5.41, 5.74) is 1.15. The molecule has 3 heteroatoms. The van der Waals surface area contributed by atoms with Crippen LogP contribution < -0.4 is 0 Å². The molecular weight excluding hydrogens is 176 g/mol. The van der Waals surface area contributed by atoms with E-state index in [0.717, 1.165) is 19.5 Å². The number of hydrogen-bond acceptors (Lipinski definition) is 3. The molecule has 1 N–H and O–H groups in total. The van der Waals surface area contributed by atoms with Gasteiger partial charge in [0.1, 0.15) is 0 Å². The Morgan fingerprint density at radius 3 is 2.71 bits per heavy atom. The summed E-state index contributed by atoms with van der Waals surface area (Å²) in [5.74, 6) is 0. The number of hydrogen-bond donors (Lipinski definition) is 1. The van der Waals surface area contributed by atoms with Gasteiger partial charge in [-0.2, -0.15) is 0 Å². The molecular formula is C11H16N2O. The first-order chi connectivity index (χ1) is 6.77. The van der Waals surface area contributed by atoms with Crippen LogP contribution in [-0.2, 0) is 5.41 Å². The Labute approximate surface area is 84.4 Å². The van der Waals surface area contributed by atoms with Gasteiger partial charge in [0.15, 0.2) is 0 Å². The highest BCUT2D eigenvalue weighted by molar-refractivity contribution is 5.25. The zero-order valence-electron chi connectivity index (χ0n) is 8.48. The molecule has 1 saturated heterocycles. The van der Waals surface area contributed by atoms with E-state index in [9.17, 15) is 5.11 Å². The van der Waals surface area contributed by atoms with Crippen molar-refractivity contribution in [2.75, 3.05) is 26.7 Å². The van der Waals surface area contributed by atoms with Crippen LogP contribution in [0.25, 0.3) is 0 Å². The van der Waals surface area contributed by atoms with Crippen LogP contribution in [0.4, 0.5) is 0 Å². The Balaban J connectivity index is 2.30. The summed E-state index contributed by atoms with van der Waals surface area (Å²) < 4.78 is 0. The molecule has 1 atom stereocenters. The summed E-state index contributed by atoms with van der Waals surface area (Å²) in [7, 11) is 2.10. The van der Waals surface area contributed by atoms with Crippen LogP contribution in [0.15, 0.2) is 24.5 Å². The van der Waals surface area contributed by atoms with E-state index in [2.05, 4.69) is 16.9 Å². The maximum absolute atomic E-state index is 9.54. The van der Waals surface area contributed by atoms with E-state index in [-0.39, 0.29) is 12.0 Å². The Morgan fingerprint density at radius 1 is 1.50 bits per heavy atom. The van der Waals surface area contributed by atoms with Crippen molar-refractivity contribution < 1.29 is 5.11 Å². The summed E-state index contributed by atoms with van der Waals surface area (Å²) in [6, 6.07) is 4.02. The van der Waals surface area contributed by atoms with Gasteiger partial charge in [0, 0.05) is 24.4 Å². The molecule has 0 amide bonds. The quantitative estimate of drug-likeness (QED) is 0.747. The minimum Gasteiger partial charge on any atom is -0.395 e. The Morgan fingerprint density at radius 2 is 2.21 bits per heavy atom. The second-order valence-electron chi connectivity index (χ2n) is 4.16. The maximum Gasteiger partial charge on any atom is 0.0540 e. The van der Waals surface area contributed by atoms with Crippen molar-refractivity contribution in [2.24, 2.45) is 0 Å². The molecule has 0 radical (unpaired) electrons. The number of pyridine rings is 1. The average Bonchev–Trinajstić information content (AvgIpc) is 2.63. The van der Waals surface area contributed by atoms with Gasteiger partial charge in [-0.1, -0.05) is 0 Å². The maximum atomic E-state index is 9.54. The van der Waals surface area contributed by atoms with E-state index in [4.69, 9.17) is 0 Å². The molecule has 1 aliphatic rings. The molecule has 1 aromatic rings. The summed E-state index contributed by atoms with van der Waals surface area (Å²) in [6.07, 6.45) is 4.63. The molecule has 2 rings (SSSR count). The molecule has 0 spiro atoms. The Bertz CT molecular complexity index is 301. The first-order valence-corrected chi connectivity index (χ1v) is 4.97. The lowest BCUT2D eigenvalue weighted by Gasteiger charge is -2.26. The van der Waals surface area contributed by atoms with Crippen molar-refractivity contribution >= 4 is 0 Å². The highest BCUT2D eigenvalue weighted by Gasteiger charge is 2.37. The molecule has 0 saturated carbocycles. The molecule has 0 aromatic carbocycles. The van der Waals surface area contributed by atoms with Gasteiger partial charge in [0.05, 0.1) is 6.61 Å². The van der Waals surface area contributed by atoms with Gasteiger partial charge in [-0.3, -0.25) is 4.98 Å². The fourth-order valence-electron chi connectivity index (χ4n) is 2.24. The predicted octanol–water partition coefficient (Wildman–Crippen LogP) is 0.647. The smallest absolute Gasteiger partial charge is 0.0540 e. The third-order valence-electron chi connectivity index (χ3n) is 3.14. The average molecular weight is 192 g/mol. The molecule has 0 aliphatic carbocycles. The number of aliphatic hydroxyl groups is 1. The number of likely N-dealkylation sites (tertiary alicyclic amines) is 1. The van der Waals surface area contributed by atoms with Crippen molar-refractivity contribution in [3.05, 3.63) is 30.1 Å². The molecule has 0 bridgehead atoms. The van der Waals surface area contributed by atoms with E-state index in [0.29, 0.717) is 0 Å². The number of aliphatic hydroxyl groups excluding tert-OH is 1. The topological polar surface area (TPSA) is 36.4 Å². The Kier molecular flexibility index (Phi) is 2.52. The summed E-state index contributed by atoms with van der Waals surface area (Å²) >= 11 is 0. The highest BCUT2D eigenvalue weighted by Crippen LogP contribution is 2.32. The van der Waals surface area contributed by atoms with Gasteiger partial charge in [0.25, 0.3) is 0 Å². The second-order valence-corrected chi connectivity index (χ2v) is 4.16. The van der Waals surface area contributed by atoms with Gasteiger partial charge in [-0.25, -0.2) is 0 Å². The number of likely N-dealkylation sites (N-methyl/N-ethyl adjacent to an activating group) is 1. The SMILES string of the molecule is CN1CCC(CO)(c2ccncc2)C1. The largest absolute Gasteiger partial charge is 0.395 e. The molecule has 1 unspecified atom stereocenters. The van der Waals surface area contributed by atoms with Gasteiger partial charge in [-0.05, 0) is 37.7 Å². The van der Waals surface area contributed by atoms with E-state index in [1.807, 2.05) is 12.1 Å². The van der Waals surface area contributed by atoms with Gasteiger partial charge >= 0.3 is 0 Å². The lowest BCUT2D eigenvalue weighted by Crippen LogP contribution is -2.33. The van der Waals surface area contributed by atoms with E-state index in [1.165, 1.54) is 5.56 Å². The van der Waals surface area contributed by atoms with Crippen LogP contribution >= 0.6 is 0 Å². The molecule has 2 heterocycles. The van der Waals surface area contributed by atoms with E-state index < -0.39 is 0 Å². The minimum atomic E-state index is -0.0578. The Hall–Kier alpha value is -0.930. The van der Waals surface area contributed by atoms with Crippen molar-refractivity contribution in [1.82, 2.24) is 9.88 Å². The molecule has 1 aromatic heterocycles. The van der Waals surface area contributed by atoms with Crippen molar-refractivity contribution in [2.45, 2.75) is 11.8 Å². The number of rotatable bonds is 2. The van der Waals surface area contributed by atoms with Crippen LogP contribution in [0.3, 0.4) is 0 Å².